The lowest BCUT2D eigenvalue weighted by Crippen LogP contribution is -2.25. The highest BCUT2D eigenvalue weighted by Gasteiger charge is 1.84. The second-order valence-electron chi connectivity index (χ2n) is 0.826. The summed E-state index contributed by atoms with van der Waals surface area (Å²) >= 11 is 0. The maximum absolute atomic E-state index is 9.76. The Morgan fingerprint density at radius 3 is 2.29 bits per heavy atom. The number of rotatable bonds is 1. The van der Waals surface area contributed by atoms with Crippen LogP contribution in [0.3, 0.4) is 0 Å². The van der Waals surface area contributed by atoms with Gasteiger partial charge in [0.25, 0.3) is 0 Å². The van der Waals surface area contributed by atoms with Gasteiger partial charge in [0.05, 0.1) is 0 Å². The van der Waals surface area contributed by atoms with Crippen molar-refractivity contribution < 1.29 is 15.0 Å². The smallest absolute Gasteiger partial charge is 0.193 e. The van der Waals surface area contributed by atoms with Crippen molar-refractivity contribution in [2.24, 2.45) is 5.84 Å². The normalized spacial score (nSPS) is 11.1. The molecule has 0 saturated carbocycles. The van der Waals surface area contributed by atoms with Crippen LogP contribution in [0.2, 0.25) is 0 Å². The molecule has 0 aliphatic rings. The first kappa shape index (κ1) is 5.74. The Kier molecular flexibility index (Phi) is 1.65. The first-order chi connectivity index (χ1) is 3.18. The van der Waals surface area contributed by atoms with Crippen LogP contribution in [0.1, 0.15) is 0 Å². The zero-order valence-corrected chi connectivity index (χ0v) is 3.42. The zero-order valence-electron chi connectivity index (χ0n) is 3.42. The molecular weight excluding hydrogens is 98.0 g/mol. The van der Waals surface area contributed by atoms with Crippen molar-refractivity contribution in [2.45, 2.75) is 0 Å². The minimum atomic E-state index is -1.06. The van der Waals surface area contributed by atoms with Gasteiger partial charge in [-0.15, -0.1) is 0 Å². The summed E-state index contributed by atoms with van der Waals surface area (Å²) in [5.74, 6) is 3.41. The minimum Gasteiger partial charge on any atom is -0.874 e. The van der Waals surface area contributed by atoms with E-state index in [1.54, 1.807) is 0 Å². The van der Waals surface area contributed by atoms with E-state index in [0.29, 0.717) is 0 Å². The van der Waals surface area contributed by atoms with Gasteiger partial charge >= 0.3 is 0 Å². The van der Waals surface area contributed by atoms with Gasteiger partial charge < -0.3 is 10.2 Å². The molecule has 5 nitrogen and oxygen atoms in total. The molecule has 0 radical (unpaired) electrons. The van der Waals surface area contributed by atoms with Crippen LogP contribution in [0, 0.1) is 5.53 Å². The van der Waals surface area contributed by atoms with Crippen molar-refractivity contribution in [3.8, 4) is 0 Å². The fourth-order valence-electron chi connectivity index (χ4n) is 0.0568. The summed E-state index contributed by atoms with van der Waals surface area (Å²) in [5.41, 5.74) is 6.21. The summed E-state index contributed by atoms with van der Waals surface area (Å²) in [7, 11) is 0. The summed E-state index contributed by atoms with van der Waals surface area (Å²) < 4.78 is 0. The standard InChI is InChI=1S/C2H4N3O2/c3-5(4)2(7)1-6/h1,3H,4H2/q-1. The van der Waals surface area contributed by atoms with Crippen molar-refractivity contribution in [2.75, 3.05) is 0 Å². The molecule has 0 aromatic rings. The van der Waals surface area contributed by atoms with Crippen LogP contribution in [-0.2, 0) is 0 Å². The molecule has 5 heteroatoms. The lowest BCUT2D eigenvalue weighted by molar-refractivity contribution is -0.679. The fourth-order valence-corrected chi connectivity index (χ4v) is 0.0568. The Labute approximate surface area is 39.8 Å². The highest BCUT2D eigenvalue weighted by molar-refractivity contribution is 4.59. The molecule has 7 heavy (non-hydrogen) atoms. The Hall–Kier alpha value is -1.26. The maximum Gasteiger partial charge on any atom is 0.193 e. The Bertz CT molecular complexity index is 108. The third-order valence-electron chi connectivity index (χ3n) is 0.338. The highest BCUT2D eigenvalue weighted by Crippen LogP contribution is 1.68. The molecule has 0 amide bonds. The molecule has 0 bridgehead atoms. The van der Waals surface area contributed by atoms with Gasteiger partial charge in [0.15, 0.2) is 5.88 Å². The summed E-state index contributed by atoms with van der Waals surface area (Å²) in [6.07, 6.45) is -0.0347. The average molecular weight is 102 g/mol. The number of hydrogen-bond donors (Lipinski definition) is 2. The van der Waals surface area contributed by atoms with Gasteiger partial charge in [-0.3, -0.25) is 0 Å². The van der Waals surface area contributed by atoms with Crippen LogP contribution in [0.5, 0.6) is 0 Å². The second-order valence-corrected chi connectivity index (χ2v) is 0.826. The van der Waals surface area contributed by atoms with Crippen LogP contribution in [0.15, 0.2) is 12.1 Å². The van der Waals surface area contributed by atoms with E-state index in [4.69, 9.17) is 5.53 Å². The van der Waals surface area contributed by atoms with E-state index in [2.05, 4.69) is 5.84 Å². The molecule has 0 atom stereocenters. The lowest BCUT2D eigenvalue weighted by atomic mass is 10.9. The molecule has 0 aromatic heterocycles. The van der Waals surface area contributed by atoms with Crippen LogP contribution in [0.25, 0.3) is 0 Å². The molecule has 0 aromatic carbocycles. The molecule has 0 aliphatic heterocycles. The molecule has 0 saturated heterocycles. The maximum atomic E-state index is 9.76. The Balaban J connectivity index is 3.82. The molecular formula is C2H4N3O2-. The van der Waals surface area contributed by atoms with E-state index < -0.39 is 5.88 Å². The van der Waals surface area contributed by atoms with Gasteiger partial charge in [-0.2, -0.15) is 5.84 Å². The molecule has 0 rings (SSSR count). The van der Waals surface area contributed by atoms with E-state index in [-0.39, 0.29) is 11.1 Å². The van der Waals surface area contributed by atoms with E-state index in [0.717, 1.165) is 0 Å². The van der Waals surface area contributed by atoms with Gasteiger partial charge in [0, 0.05) is 4.81 Å². The Morgan fingerprint density at radius 2 is 2.29 bits per heavy atom. The molecule has 3 N–H and O–H groups in total. The number of nitrogens with two attached hydrogens (primary N) is 1. The minimum absolute atomic E-state index is 0.0347. The molecule has 0 aliphatic carbocycles. The molecule has 0 spiro atoms. The van der Waals surface area contributed by atoms with E-state index in [9.17, 15) is 10.2 Å². The second kappa shape index (κ2) is 2.01. The molecule has 0 fully saturated rings. The topological polar surface area (TPSA) is 99.0 Å². The van der Waals surface area contributed by atoms with Gasteiger partial charge in [-0.05, 0) is 5.53 Å². The van der Waals surface area contributed by atoms with E-state index >= 15 is 0 Å². The first-order valence-electron chi connectivity index (χ1n) is 1.43. The van der Waals surface area contributed by atoms with E-state index in [1.165, 1.54) is 0 Å². The van der Waals surface area contributed by atoms with Gasteiger partial charge in [-0.25, -0.2) is 0 Å². The van der Waals surface area contributed by atoms with Gasteiger partial charge in [0.1, 0.15) is 0 Å². The van der Waals surface area contributed by atoms with Crippen LogP contribution < -0.4 is 16.1 Å². The quantitative estimate of drug-likeness (QED) is 0.125. The third kappa shape index (κ3) is 1.58. The number of nitrogens with one attached hydrogen (secondary N) is 1. The summed E-state index contributed by atoms with van der Waals surface area (Å²) in [6, 6.07) is 0. The fraction of sp³-hybridized carbons (Fsp3) is 0. The lowest BCUT2D eigenvalue weighted by Gasteiger charge is -1.99. The van der Waals surface area contributed by atoms with Gasteiger partial charge in [-0.1, -0.05) is 6.26 Å². The largest absolute Gasteiger partial charge is 0.874 e. The van der Waals surface area contributed by atoms with Crippen molar-refractivity contribution in [3.63, 3.8) is 0 Å². The SMILES string of the molecule is N=[N+](N)C([O-])=C[O-]. The van der Waals surface area contributed by atoms with Crippen LogP contribution in [0.4, 0.5) is 0 Å². The van der Waals surface area contributed by atoms with Crippen molar-refractivity contribution in [1.29, 1.82) is 5.53 Å². The number of hydrogen-bond acceptors (Lipinski definition) is 3. The predicted octanol–water partition coefficient (Wildman–Crippen LogP) is -2.58. The van der Waals surface area contributed by atoms with E-state index in [1.807, 2.05) is 0 Å². The number of hydrazine groups is 1. The zero-order chi connectivity index (χ0) is 5.86. The highest BCUT2D eigenvalue weighted by atomic mass is 16.3. The summed E-state index contributed by atoms with van der Waals surface area (Å²) in [5, 5.41) is 19.1. The first-order valence-corrected chi connectivity index (χ1v) is 1.43. The predicted molar refractivity (Wildman–Crippen MR) is 15.3 cm³/mol. The molecule has 40 valence electrons. The van der Waals surface area contributed by atoms with Crippen molar-refractivity contribution in [3.05, 3.63) is 12.1 Å². The Morgan fingerprint density at radius 1 is 1.86 bits per heavy atom. The molecule has 0 heterocycles. The summed E-state index contributed by atoms with van der Waals surface area (Å²) in [6.45, 7) is 0. The average Bonchev–Trinajstić information content (AvgIpc) is 1.65. The van der Waals surface area contributed by atoms with Crippen molar-refractivity contribution >= 4 is 0 Å². The number of nitrogens with zero attached hydrogens (tertiary/aromatic N) is 1. The van der Waals surface area contributed by atoms with Gasteiger partial charge in [0.2, 0.25) is 0 Å². The van der Waals surface area contributed by atoms with Crippen LogP contribution >= 0.6 is 0 Å². The summed E-state index contributed by atoms with van der Waals surface area (Å²) in [4.78, 5) is -0.0347. The molecule has 0 unspecified atom stereocenters. The van der Waals surface area contributed by atoms with Crippen LogP contribution in [-0.4, -0.2) is 4.81 Å². The van der Waals surface area contributed by atoms with Crippen molar-refractivity contribution in [1.82, 2.24) is 0 Å². The third-order valence-corrected chi connectivity index (χ3v) is 0.338. The monoisotopic (exact) mass is 102 g/mol.